The number of carbonyl (C=O) groups is 1. The summed E-state index contributed by atoms with van der Waals surface area (Å²) in [7, 11) is 0. The zero-order chi connectivity index (χ0) is 16.5. The maximum absolute atomic E-state index is 13.3. The molecule has 22 heavy (non-hydrogen) atoms. The second-order valence-electron chi connectivity index (χ2n) is 6.98. The van der Waals surface area contributed by atoms with Crippen molar-refractivity contribution in [3.8, 4) is 0 Å². The van der Waals surface area contributed by atoms with E-state index in [1.54, 1.807) is 6.07 Å². The van der Waals surface area contributed by atoms with Gasteiger partial charge in [-0.2, -0.15) is 0 Å². The molecule has 1 aliphatic rings. The molecule has 2 unspecified atom stereocenters. The Morgan fingerprint density at radius 3 is 2.82 bits per heavy atom. The Hall–Kier alpha value is -1.46. The molecular formula is C17H26FN3O. The minimum absolute atomic E-state index is 0.0123. The van der Waals surface area contributed by atoms with E-state index in [2.05, 4.69) is 24.1 Å². The van der Waals surface area contributed by atoms with Gasteiger partial charge in [-0.3, -0.25) is 9.69 Å². The third-order valence-electron chi connectivity index (χ3n) is 4.73. The highest BCUT2D eigenvalue weighted by Crippen LogP contribution is 2.29. The molecule has 1 heterocycles. The standard InChI is InChI=1S/C17H26FN3O/c1-11-5-6-13(18)9-14(11)20-16(22)12(2)21-8-7-15(19)17(3,4)10-21/h5-6,9,12,15H,7-8,10,19H2,1-4H3,(H,20,22). The van der Waals surface area contributed by atoms with Crippen LogP contribution in [0.4, 0.5) is 10.1 Å². The summed E-state index contributed by atoms with van der Waals surface area (Å²) in [6.07, 6.45) is 0.879. The fourth-order valence-electron chi connectivity index (χ4n) is 2.88. The highest BCUT2D eigenvalue weighted by atomic mass is 19.1. The number of halogens is 1. The maximum Gasteiger partial charge on any atom is 0.241 e. The molecule has 4 nitrogen and oxygen atoms in total. The van der Waals surface area contributed by atoms with E-state index >= 15 is 0 Å². The van der Waals surface area contributed by atoms with Crippen LogP contribution >= 0.6 is 0 Å². The Labute approximate surface area is 131 Å². The van der Waals surface area contributed by atoms with Crippen LogP contribution in [0.5, 0.6) is 0 Å². The van der Waals surface area contributed by atoms with Gasteiger partial charge in [0.05, 0.1) is 6.04 Å². The number of likely N-dealkylation sites (tertiary alicyclic amines) is 1. The molecule has 0 aliphatic carbocycles. The Morgan fingerprint density at radius 2 is 2.18 bits per heavy atom. The van der Waals surface area contributed by atoms with Gasteiger partial charge in [-0.1, -0.05) is 19.9 Å². The lowest BCUT2D eigenvalue weighted by atomic mass is 9.79. The van der Waals surface area contributed by atoms with Gasteiger partial charge < -0.3 is 11.1 Å². The fraction of sp³-hybridized carbons (Fsp3) is 0.588. The largest absolute Gasteiger partial charge is 0.327 e. The molecule has 5 heteroatoms. The summed E-state index contributed by atoms with van der Waals surface area (Å²) in [6.45, 7) is 9.59. The second-order valence-corrected chi connectivity index (χ2v) is 6.98. The van der Waals surface area contributed by atoms with Crippen molar-refractivity contribution < 1.29 is 9.18 Å². The van der Waals surface area contributed by atoms with Crippen LogP contribution in [0.2, 0.25) is 0 Å². The number of aryl methyl sites for hydroxylation is 1. The predicted octanol–water partition coefficient (Wildman–Crippen LogP) is 2.52. The van der Waals surface area contributed by atoms with Crippen LogP contribution in [0.3, 0.4) is 0 Å². The van der Waals surface area contributed by atoms with Gasteiger partial charge in [-0.15, -0.1) is 0 Å². The molecule has 0 bridgehead atoms. The van der Waals surface area contributed by atoms with E-state index in [0.29, 0.717) is 5.69 Å². The van der Waals surface area contributed by atoms with Crippen LogP contribution in [0, 0.1) is 18.2 Å². The summed E-state index contributed by atoms with van der Waals surface area (Å²) in [5.41, 5.74) is 7.51. The van der Waals surface area contributed by atoms with Crippen molar-refractivity contribution in [1.82, 2.24) is 4.90 Å². The highest BCUT2D eigenvalue weighted by Gasteiger charge is 2.36. The van der Waals surface area contributed by atoms with Crippen molar-refractivity contribution >= 4 is 11.6 Å². The van der Waals surface area contributed by atoms with E-state index in [4.69, 9.17) is 5.73 Å². The van der Waals surface area contributed by atoms with Crippen LogP contribution in [0.15, 0.2) is 18.2 Å². The summed E-state index contributed by atoms with van der Waals surface area (Å²) in [6, 6.07) is 4.30. The topological polar surface area (TPSA) is 58.4 Å². The number of piperidine rings is 1. The summed E-state index contributed by atoms with van der Waals surface area (Å²) in [5.74, 6) is -0.460. The summed E-state index contributed by atoms with van der Waals surface area (Å²) < 4.78 is 13.3. The Balaban J connectivity index is 2.05. The number of carbonyl (C=O) groups excluding carboxylic acids is 1. The molecule has 2 rings (SSSR count). The predicted molar refractivity (Wildman–Crippen MR) is 87.2 cm³/mol. The van der Waals surface area contributed by atoms with E-state index < -0.39 is 0 Å². The third-order valence-corrected chi connectivity index (χ3v) is 4.73. The number of nitrogens with zero attached hydrogens (tertiary/aromatic N) is 1. The molecule has 1 aliphatic heterocycles. The van der Waals surface area contributed by atoms with E-state index in [1.807, 2.05) is 13.8 Å². The first-order valence-electron chi connectivity index (χ1n) is 7.77. The van der Waals surface area contributed by atoms with Crippen LogP contribution < -0.4 is 11.1 Å². The van der Waals surface area contributed by atoms with Crippen LogP contribution in [0.1, 0.15) is 32.8 Å². The molecule has 0 aromatic heterocycles. The summed E-state index contributed by atoms with van der Waals surface area (Å²) >= 11 is 0. The molecule has 122 valence electrons. The Morgan fingerprint density at radius 1 is 1.50 bits per heavy atom. The van der Waals surface area contributed by atoms with E-state index in [1.165, 1.54) is 12.1 Å². The van der Waals surface area contributed by atoms with Crippen molar-refractivity contribution in [2.45, 2.75) is 46.2 Å². The lowest BCUT2D eigenvalue weighted by Gasteiger charge is -2.44. The number of nitrogens with one attached hydrogen (secondary N) is 1. The van der Waals surface area contributed by atoms with Crippen molar-refractivity contribution in [3.05, 3.63) is 29.6 Å². The summed E-state index contributed by atoms with van der Waals surface area (Å²) in [5, 5.41) is 2.83. The van der Waals surface area contributed by atoms with Crippen molar-refractivity contribution in [2.75, 3.05) is 18.4 Å². The van der Waals surface area contributed by atoms with E-state index in [-0.39, 0.29) is 29.2 Å². The van der Waals surface area contributed by atoms with Gasteiger partial charge in [-0.25, -0.2) is 4.39 Å². The first-order chi connectivity index (χ1) is 10.2. The SMILES string of the molecule is Cc1ccc(F)cc1NC(=O)C(C)N1CCC(N)C(C)(C)C1. The molecular weight excluding hydrogens is 281 g/mol. The quantitative estimate of drug-likeness (QED) is 0.902. The average molecular weight is 307 g/mol. The Kier molecular flexibility index (Phi) is 4.87. The lowest BCUT2D eigenvalue weighted by molar-refractivity contribution is -0.122. The number of hydrogen-bond acceptors (Lipinski definition) is 3. The van der Waals surface area contributed by atoms with Gasteiger partial charge in [0.25, 0.3) is 0 Å². The molecule has 1 aromatic rings. The van der Waals surface area contributed by atoms with Crippen LogP contribution in [0.25, 0.3) is 0 Å². The fourth-order valence-corrected chi connectivity index (χ4v) is 2.88. The van der Waals surface area contributed by atoms with E-state index in [9.17, 15) is 9.18 Å². The number of anilines is 1. The molecule has 0 spiro atoms. The number of rotatable bonds is 3. The van der Waals surface area contributed by atoms with Crippen molar-refractivity contribution in [3.63, 3.8) is 0 Å². The molecule has 1 fully saturated rings. The second kappa shape index (κ2) is 6.34. The average Bonchev–Trinajstić information content (AvgIpc) is 2.45. The van der Waals surface area contributed by atoms with Crippen molar-refractivity contribution in [1.29, 1.82) is 0 Å². The first kappa shape index (κ1) is 16.9. The van der Waals surface area contributed by atoms with Gasteiger partial charge in [0.1, 0.15) is 5.82 Å². The molecule has 2 atom stereocenters. The first-order valence-corrected chi connectivity index (χ1v) is 7.77. The maximum atomic E-state index is 13.3. The Bertz CT molecular complexity index is 559. The lowest BCUT2D eigenvalue weighted by Crippen LogP contribution is -2.56. The number of amides is 1. The minimum Gasteiger partial charge on any atom is -0.327 e. The monoisotopic (exact) mass is 307 g/mol. The van der Waals surface area contributed by atoms with Crippen LogP contribution in [-0.2, 0) is 4.79 Å². The molecule has 1 aromatic carbocycles. The van der Waals surface area contributed by atoms with E-state index in [0.717, 1.165) is 25.1 Å². The smallest absolute Gasteiger partial charge is 0.241 e. The number of nitrogens with two attached hydrogens (primary N) is 1. The molecule has 1 saturated heterocycles. The van der Waals surface area contributed by atoms with Gasteiger partial charge in [-0.05, 0) is 43.4 Å². The number of benzene rings is 1. The van der Waals surface area contributed by atoms with Gasteiger partial charge in [0.15, 0.2) is 0 Å². The van der Waals surface area contributed by atoms with Crippen LogP contribution in [-0.4, -0.2) is 36.0 Å². The summed E-state index contributed by atoms with van der Waals surface area (Å²) in [4.78, 5) is 14.6. The molecule has 3 N–H and O–H groups in total. The normalized spacial score (nSPS) is 23.1. The number of hydrogen-bond donors (Lipinski definition) is 2. The zero-order valence-electron chi connectivity index (χ0n) is 13.8. The van der Waals surface area contributed by atoms with Gasteiger partial charge in [0.2, 0.25) is 5.91 Å². The third kappa shape index (κ3) is 3.65. The molecule has 0 saturated carbocycles. The van der Waals surface area contributed by atoms with Crippen molar-refractivity contribution in [2.24, 2.45) is 11.1 Å². The highest BCUT2D eigenvalue weighted by molar-refractivity contribution is 5.95. The minimum atomic E-state index is -0.348. The van der Waals surface area contributed by atoms with Gasteiger partial charge >= 0.3 is 0 Å². The zero-order valence-corrected chi connectivity index (χ0v) is 13.8. The van der Waals surface area contributed by atoms with Gasteiger partial charge in [0, 0.05) is 24.8 Å². The molecule has 0 radical (unpaired) electrons. The molecule has 1 amide bonds.